The van der Waals surface area contributed by atoms with E-state index in [9.17, 15) is 4.79 Å². The minimum atomic E-state index is 0.138. The van der Waals surface area contributed by atoms with E-state index in [4.69, 9.17) is 0 Å². The lowest BCUT2D eigenvalue weighted by molar-refractivity contribution is -0.110. The van der Waals surface area contributed by atoms with Crippen molar-refractivity contribution in [3.8, 4) is 0 Å². The van der Waals surface area contributed by atoms with Gasteiger partial charge in [0.25, 0.3) is 0 Å². The Balaban J connectivity index is 2.41. The molecule has 1 heterocycles. The Hall–Kier alpha value is -1.09. The molecule has 0 unspecified atom stereocenters. The largest absolute Gasteiger partial charge is 0.287 e. The highest BCUT2D eigenvalue weighted by molar-refractivity contribution is 8.13. The van der Waals surface area contributed by atoms with Gasteiger partial charge in [-0.05, 0) is 30.3 Å². The molecule has 2 nitrogen and oxygen atoms in total. The van der Waals surface area contributed by atoms with Crippen molar-refractivity contribution in [3.05, 3.63) is 37.1 Å². The number of nitrogens with zero attached hydrogens (tertiary/aromatic N) is 1. The van der Waals surface area contributed by atoms with Crippen LogP contribution in [0.1, 0.15) is 12.8 Å². The molecule has 0 saturated heterocycles. The van der Waals surface area contributed by atoms with Gasteiger partial charge >= 0.3 is 0 Å². The number of pyridine rings is 1. The van der Waals surface area contributed by atoms with Gasteiger partial charge in [0.1, 0.15) is 5.03 Å². The second-order valence-electron chi connectivity index (χ2n) is 2.47. The minimum absolute atomic E-state index is 0.138. The lowest BCUT2D eigenvalue weighted by Gasteiger charge is -1.96. The summed E-state index contributed by atoms with van der Waals surface area (Å²) in [6.07, 6.45) is 4.70. The minimum Gasteiger partial charge on any atom is -0.287 e. The predicted octanol–water partition coefficient (Wildman–Crippen LogP) is 2.67. The maximum Gasteiger partial charge on any atom is 0.195 e. The van der Waals surface area contributed by atoms with Crippen LogP contribution in [0.4, 0.5) is 0 Å². The van der Waals surface area contributed by atoms with Crippen molar-refractivity contribution >= 4 is 16.9 Å². The zero-order valence-electron chi connectivity index (χ0n) is 7.27. The van der Waals surface area contributed by atoms with Crippen LogP contribution in [0.2, 0.25) is 0 Å². The summed E-state index contributed by atoms with van der Waals surface area (Å²) < 4.78 is 0. The first kappa shape index (κ1) is 9.99. The van der Waals surface area contributed by atoms with Crippen molar-refractivity contribution in [1.29, 1.82) is 0 Å². The summed E-state index contributed by atoms with van der Waals surface area (Å²) in [5.41, 5.74) is 0. The smallest absolute Gasteiger partial charge is 0.195 e. The van der Waals surface area contributed by atoms with Crippen molar-refractivity contribution in [2.45, 2.75) is 17.9 Å². The Morgan fingerprint density at radius 1 is 1.62 bits per heavy atom. The molecule has 68 valence electrons. The number of rotatable bonds is 4. The zero-order valence-corrected chi connectivity index (χ0v) is 8.09. The summed E-state index contributed by atoms with van der Waals surface area (Å²) in [5, 5.41) is 0.898. The fourth-order valence-electron chi connectivity index (χ4n) is 0.795. The quantitative estimate of drug-likeness (QED) is 0.544. The molecule has 0 N–H and O–H groups in total. The molecule has 0 saturated carbocycles. The van der Waals surface area contributed by atoms with E-state index < -0.39 is 0 Å². The maximum atomic E-state index is 11.2. The first-order chi connectivity index (χ1) is 6.33. The van der Waals surface area contributed by atoms with E-state index in [1.54, 1.807) is 12.3 Å². The second-order valence-corrected chi connectivity index (χ2v) is 3.55. The number of allylic oxidation sites excluding steroid dienone is 1. The van der Waals surface area contributed by atoms with Gasteiger partial charge in [-0.15, -0.1) is 6.58 Å². The van der Waals surface area contributed by atoms with Crippen LogP contribution < -0.4 is 0 Å². The molecule has 13 heavy (non-hydrogen) atoms. The van der Waals surface area contributed by atoms with E-state index in [1.807, 2.05) is 18.2 Å². The van der Waals surface area contributed by atoms with E-state index in [1.165, 1.54) is 11.8 Å². The molecule has 0 bridgehead atoms. The van der Waals surface area contributed by atoms with Crippen molar-refractivity contribution in [3.63, 3.8) is 0 Å². The van der Waals surface area contributed by atoms with Crippen LogP contribution in [0.25, 0.3) is 0 Å². The van der Waals surface area contributed by atoms with Gasteiger partial charge in [-0.2, -0.15) is 0 Å². The topological polar surface area (TPSA) is 30.0 Å². The Kier molecular flexibility index (Phi) is 4.26. The molecule has 0 radical (unpaired) electrons. The molecular formula is C10H11NOS. The highest BCUT2D eigenvalue weighted by Crippen LogP contribution is 2.17. The average Bonchev–Trinajstić information content (AvgIpc) is 2.16. The lowest BCUT2D eigenvalue weighted by Crippen LogP contribution is -1.90. The fourth-order valence-corrected chi connectivity index (χ4v) is 1.51. The van der Waals surface area contributed by atoms with Crippen molar-refractivity contribution in [1.82, 2.24) is 4.98 Å². The Morgan fingerprint density at radius 2 is 2.46 bits per heavy atom. The standard InChI is InChI=1S/C10H11NOS/c1-2-3-7-10(12)13-9-6-4-5-8-11-9/h2,4-6,8H,1,3,7H2. The van der Waals surface area contributed by atoms with Crippen LogP contribution in [-0.4, -0.2) is 10.1 Å². The highest BCUT2D eigenvalue weighted by atomic mass is 32.2. The van der Waals surface area contributed by atoms with Crippen LogP contribution in [0.15, 0.2) is 42.1 Å². The van der Waals surface area contributed by atoms with E-state index >= 15 is 0 Å². The summed E-state index contributed by atoms with van der Waals surface area (Å²) in [5.74, 6) is 0. The molecule has 1 aromatic rings. The normalized spacial score (nSPS) is 9.54. The molecule has 0 aliphatic heterocycles. The first-order valence-corrected chi connectivity index (χ1v) is 4.87. The third-order valence-corrected chi connectivity index (χ3v) is 2.29. The Labute approximate surface area is 82.1 Å². The monoisotopic (exact) mass is 193 g/mol. The number of carbonyl (C=O) groups is 1. The van der Waals surface area contributed by atoms with Gasteiger partial charge in [-0.1, -0.05) is 12.1 Å². The number of thioether (sulfide) groups is 1. The van der Waals surface area contributed by atoms with E-state index in [2.05, 4.69) is 11.6 Å². The van der Waals surface area contributed by atoms with Crippen LogP contribution in [0.3, 0.4) is 0 Å². The molecule has 0 spiro atoms. The molecule has 0 aliphatic rings. The third kappa shape index (κ3) is 3.90. The van der Waals surface area contributed by atoms with E-state index in [0.29, 0.717) is 6.42 Å². The fraction of sp³-hybridized carbons (Fsp3) is 0.200. The predicted molar refractivity (Wildman–Crippen MR) is 54.5 cm³/mol. The molecular weight excluding hydrogens is 182 g/mol. The van der Waals surface area contributed by atoms with Gasteiger partial charge < -0.3 is 0 Å². The van der Waals surface area contributed by atoms with Crippen LogP contribution >= 0.6 is 11.8 Å². The molecule has 0 aromatic carbocycles. The van der Waals surface area contributed by atoms with Gasteiger partial charge in [-0.25, -0.2) is 4.98 Å². The molecule has 0 atom stereocenters. The van der Waals surface area contributed by atoms with Gasteiger partial charge in [0, 0.05) is 12.6 Å². The average molecular weight is 193 g/mol. The molecule has 3 heteroatoms. The summed E-state index contributed by atoms with van der Waals surface area (Å²) in [6, 6.07) is 5.53. The van der Waals surface area contributed by atoms with Gasteiger partial charge in [0.2, 0.25) is 0 Å². The number of hydrogen-bond acceptors (Lipinski definition) is 3. The molecule has 0 aliphatic carbocycles. The second kappa shape index (κ2) is 5.54. The zero-order chi connectivity index (χ0) is 9.52. The van der Waals surface area contributed by atoms with Gasteiger partial charge in [0.05, 0.1) is 0 Å². The summed E-state index contributed by atoms with van der Waals surface area (Å²) in [6.45, 7) is 3.56. The van der Waals surface area contributed by atoms with Crippen molar-refractivity contribution in [2.75, 3.05) is 0 Å². The number of hydrogen-bond donors (Lipinski definition) is 0. The van der Waals surface area contributed by atoms with E-state index in [-0.39, 0.29) is 5.12 Å². The molecule has 1 aromatic heterocycles. The first-order valence-electron chi connectivity index (χ1n) is 4.05. The maximum absolute atomic E-state index is 11.2. The number of carbonyl (C=O) groups excluding carboxylic acids is 1. The summed E-state index contributed by atoms with van der Waals surface area (Å²) >= 11 is 1.19. The summed E-state index contributed by atoms with van der Waals surface area (Å²) in [7, 11) is 0. The Bertz CT molecular complexity index is 284. The number of aromatic nitrogens is 1. The van der Waals surface area contributed by atoms with Crippen molar-refractivity contribution in [2.24, 2.45) is 0 Å². The molecule has 1 rings (SSSR count). The van der Waals surface area contributed by atoms with Gasteiger partial charge in [0.15, 0.2) is 5.12 Å². The third-order valence-electron chi connectivity index (χ3n) is 1.41. The van der Waals surface area contributed by atoms with Gasteiger partial charge in [-0.3, -0.25) is 4.79 Å². The van der Waals surface area contributed by atoms with Crippen LogP contribution in [0, 0.1) is 0 Å². The lowest BCUT2D eigenvalue weighted by atomic mass is 10.3. The van der Waals surface area contributed by atoms with Crippen LogP contribution in [-0.2, 0) is 4.79 Å². The van der Waals surface area contributed by atoms with E-state index in [0.717, 1.165) is 11.4 Å². The highest BCUT2D eigenvalue weighted by Gasteiger charge is 2.03. The summed E-state index contributed by atoms with van der Waals surface area (Å²) in [4.78, 5) is 15.3. The molecule has 0 amide bonds. The molecule has 0 fully saturated rings. The SMILES string of the molecule is C=CCCC(=O)Sc1ccccn1. The van der Waals surface area contributed by atoms with Crippen molar-refractivity contribution < 1.29 is 4.79 Å². The van der Waals surface area contributed by atoms with Crippen LogP contribution in [0.5, 0.6) is 0 Å². The Morgan fingerprint density at radius 3 is 3.08 bits per heavy atom.